The Labute approximate surface area is 127 Å². The molecule has 0 heterocycles. The first-order valence-electron chi connectivity index (χ1n) is 7.83. The Bertz CT molecular complexity index is 494. The predicted octanol–water partition coefficient (Wildman–Crippen LogP) is 3.46. The second kappa shape index (κ2) is 6.83. The lowest BCUT2D eigenvalue weighted by Crippen LogP contribution is -2.35. The Morgan fingerprint density at radius 1 is 1.33 bits per heavy atom. The average Bonchev–Trinajstić information content (AvgIpc) is 2.48. The number of esters is 1. The molecule has 4 heteroatoms. The summed E-state index contributed by atoms with van der Waals surface area (Å²) in [4.78, 5) is 14.2. The molecule has 0 bridgehead atoms. The molecule has 2 N–H and O–H groups in total. The minimum atomic E-state index is -0.345. The summed E-state index contributed by atoms with van der Waals surface area (Å²) in [5.41, 5.74) is 8.13. The average molecular weight is 290 g/mol. The van der Waals surface area contributed by atoms with Crippen LogP contribution >= 0.6 is 0 Å². The summed E-state index contributed by atoms with van der Waals surface area (Å²) >= 11 is 0. The lowest BCUT2D eigenvalue weighted by Gasteiger charge is -2.35. The van der Waals surface area contributed by atoms with Crippen molar-refractivity contribution in [1.29, 1.82) is 0 Å². The SMILES string of the molecule is CCOC(=O)c1cccc(N(C)C2CCC(C)CC2)c1N. The van der Waals surface area contributed by atoms with Gasteiger partial charge in [0, 0.05) is 13.1 Å². The highest BCUT2D eigenvalue weighted by atomic mass is 16.5. The van der Waals surface area contributed by atoms with Gasteiger partial charge in [0.15, 0.2) is 0 Å². The van der Waals surface area contributed by atoms with Gasteiger partial charge in [-0.05, 0) is 50.7 Å². The van der Waals surface area contributed by atoms with Gasteiger partial charge in [0.2, 0.25) is 0 Å². The van der Waals surface area contributed by atoms with Crippen molar-refractivity contribution in [3.8, 4) is 0 Å². The van der Waals surface area contributed by atoms with E-state index in [1.165, 1.54) is 25.7 Å². The summed E-state index contributed by atoms with van der Waals surface area (Å²) in [5, 5.41) is 0. The molecular formula is C17H26N2O2. The molecular weight excluding hydrogens is 264 g/mol. The molecule has 0 aromatic heterocycles. The van der Waals surface area contributed by atoms with E-state index in [0.717, 1.165) is 11.6 Å². The van der Waals surface area contributed by atoms with Crippen LogP contribution < -0.4 is 10.6 Å². The molecule has 1 fully saturated rings. The van der Waals surface area contributed by atoms with E-state index in [1.807, 2.05) is 12.1 Å². The Morgan fingerprint density at radius 2 is 2.00 bits per heavy atom. The van der Waals surface area contributed by atoms with Gasteiger partial charge in [-0.3, -0.25) is 0 Å². The molecule has 4 nitrogen and oxygen atoms in total. The number of hydrogen-bond acceptors (Lipinski definition) is 4. The summed E-state index contributed by atoms with van der Waals surface area (Å²) < 4.78 is 5.07. The van der Waals surface area contributed by atoms with E-state index in [4.69, 9.17) is 10.5 Å². The second-order valence-corrected chi connectivity index (χ2v) is 5.98. The van der Waals surface area contributed by atoms with Gasteiger partial charge < -0.3 is 15.4 Å². The number of ether oxygens (including phenoxy) is 1. The van der Waals surface area contributed by atoms with Gasteiger partial charge in [-0.2, -0.15) is 0 Å². The maximum Gasteiger partial charge on any atom is 0.340 e. The van der Waals surface area contributed by atoms with Gasteiger partial charge in [-0.15, -0.1) is 0 Å². The van der Waals surface area contributed by atoms with E-state index >= 15 is 0 Å². The van der Waals surface area contributed by atoms with Crippen molar-refractivity contribution in [2.45, 2.75) is 45.6 Å². The minimum Gasteiger partial charge on any atom is -0.462 e. The fourth-order valence-electron chi connectivity index (χ4n) is 3.07. The van der Waals surface area contributed by atoms with Gasteiger partial charge >= 0.3 is 5.97 Å². The number of hydrogen-bond donors (Lipinski definition) is 1. The van der Waals surface area contributed by atoms with E-state index in [-0.39, 0.29) is 5.97 Å². The zero-order chi connectivity index (χ0) is 15.4. The van der Waals surface area contributed by atoms with Crippen molar-refractivity contribution >= 4 is 17.3 Å². The molecule has 1 aliphatic rings. The van der Waals surface area contributed by atoms with E-state index in [9.17, 15) is 4.79 Å². The molecule has 0 atom stereocenters. The molecule has 1 aromatic carbocycles. The van der Waals surface area contributed by atoms with Gasteiger partial charge in [-0.1, -0.05) is 13.0 Å². The van der Waals surface area contributed by atoms with Crippen LogP contribution in [0.3, 0.4) is 0 Å². The lowest BCUT2D eigenvalue weighted by atomic mass is 9.86. The zero-order valence-electron chi connectivity index (χ0n) is 13.3. The highest BCUT2D eigenvalue weighted by Crippen LogP contribution is 2.33. The third kappa shape index (κ3) is 3.49. The van der Waals surface area contributed by atoms with Gasteiger partial charge in [0.25, 0.3) is 0 Å². The maximum absolute atomic E-state index is 11.9. The minimum absolute atomic E-state index is 0.345. The first-order chi connectivity index (χ1) is 10.0. The summed E-state index contributed by atoms with van der Waals surface area (Å²) in [6, 6.07) is 6.09. The number of benzene rings is 1. The van der Waals surface area contributed by atoms with Gasteiger partial charge in [0.1, 0.15) is 0 Å². The number of para-hydroxylation sites is 1. The topological polar surface area (TPSA) is 55.6 Å². The van der Waals surface area contributed by atoms with Crippen LogP contribution in [0.4, 0.5) is 11.4 Å². The molecule has 1 aromatic rings. The quantitative estimate of drug-likeness (QED) is 0.681. The normalized spacial score (nSPS) is 21.9. The number of nitrogen functional groups attached to an aromatic ring is 1. The Morgan fingerprint density at radius 3 is 2.62 bits per heavy atom. The van der Waals surface area contributed by atoms with Gasteiger partial charge in [0.05, 0.1) is 23.5 Å². The van der Waals surface area contributed by atoms with E-state index < -0.39 is 0 Å². The van der Waals surface area contributed by atoms with E-state index in [1.54, 1.807) is 13.0 Å². The summed E-state index contributed by atoms with van der Waals surface area (Å²) in [7, 11) is 2.07. The Kier molecular flexibility index (Phi) is 5.10. The van der Waals surface area contributed by atoms with Crippen LogP contribution in [-0.2, 0) is 4.74 Å². The number of rotatable bonds is 4. The Hall–Kier alpha value is -1.71. The number of carbonyl (C=O) groups is 1. The molecule has 116 valence electrons. The summed E-state index contributed by atoms with van der Waals surface area (Å²) in [6.45, 7) is 4.47. The fraction of sp³-hybridized carbons (Fsp3) is 0.588. The molecule has 1 saturated carbocycles. The van der Waals surface area contributed by atoms with Crippen molar-refractivity contribution in [1.82, 2.24) is 0 Å². The van der Waals surface area contributed by atoms with Gasteiger partial charge in [-0.25, -0.2) is 4.79 Å². The third-order valence-electron chi connectivity index (χ3n) is 4.49. The van der Waals surface area contributed by atoms with E-state index in [2.05, 4.69) is 18.9 Å². The summed E-state index contributed by atoms with van der Waals surface area (Å²) in [5.74, 6) is 0.473. The highest BCUT2D eigenvalue weighted by molar-refractivity contribution is 5.98. The molecule has 1 aliphatic carbocycles. The Balaban J connectivity index is 2.19. The van der Waals surface area contributed by atoms with Crippen LogP contribution in [0.2, 0.25) is 0 Å². The second-order valence-electron chi connectivity index (χ2n) is 5.98. The smallest absolute Gasteiger partial charge is 0.340 e. The number of anilines is 2. The molecule has 0 aliphatic heterocycles. The van der Waals surface area contributed by atoms with Crippen LogP contribution in [0.5, 0.6) is 0 Å². The lowest BCUT2D eigenvalue weighted by molar-refractivity contribution is 0.0527. The van der Waals surface area contributed by atoms with Crippen molar-refractivity contribution in [3.05, 3.63) is 23.8 Å². The third-order valence-corrected chi connectivity index (χ3v) is 4.49. The number of carbonyl (C=O) groups excluding carboxylic acids is 1. The van der Waals surface area contributed by atoms with Crippen LogP contribution in [0.25, 0.3) is 0 Å². The van der Waals surface area contributed by atoms with Crippen LogP contribution in [0.15, 0.2) is 18.2 Å². The molecule has 0 unspecified atom stereocenters. The zero-order valence-corrected chi connectivity index (χ0v) is 13.3. The van der Waals surface area contributed by atoms with Crippen molar-refractivity contribution in [2.24, 2.45) is 5.92 Å². The highest BCUT2D eigenvalue weighted by Gasteiger charge is 2.24. The number of nitrogens with zero attached hydrogens (tertiary/aromatic N) is 1. The molecule has 2 rings (SSSR count). The van der Waals surface area contributed by atoms with E-state index in [0.29, 0.717) is 23.9 Å². The first kappa shape index (κ1) is 15.7. The molecule has 0 amide bonds. The van der Waals surface area contributed by atoms with Crippen molar-refractivity contribution in [3.63, 3.8) is 0 Å². The largest absolute Gasteiger partial charge is 0.462 e. The van der Waals surface area contributed by atoms with Crippen LogP contribution in [0, 0.1) is 5.92 Å². The standard InChI is InChI=1S/C17H26N2O2/c1-4-21-17(20)14-6-5-7-15(16(14)18)19(3)13-10-8-12(2)9-11-13/h5-7,12-13H,4,8-11,18H2,1-3H3. The molecule has 0 radical (unpaired) electrons. The molecule has 21 heavy (non-hydrogen) atoms. The molecule has 0 spiro atoms. The fourth-order valence-corrected chi connectivity index (χ4v) is 3.07. The number of nitrogens with two attached hydrogens (primary N) is 1. The molecule has 0 saturated heterocycles. The van der Waals surface area contributed by atoms with Crippen LogP contribution in [-0.4, -0.2) is 25.7 Å². The summed E-state index contributed by atoms with van der Waals surface area (Å²) in [6.07, 6.45) is 4.88. The maximum atomic E-state index is 11.9. The van der Waals surface area contributed by atoms with Crippen molar-refractivity contribution in [2.75, 3.05) is 24.3 Å². The first-order valence-corrected chi connectivity index (χ1v) is 7.83. The van der Waals surface area contributed by atoms with Crippen LogP contribution in [0.1, 0.15) is 49.9 Å². The monoisotopic (exact) mass is 290 g/mol. The predicted molar refractivity (Wildman–Crippen MR) is 86.6 cm³/mol. The van der Waals surface area contributed by atoms with Crippen molar-refractivity contribution < 1.29 is 9.53 Å².